The van der Waals surface area contributed by atoms with E-state index in [-0.39, 0.29) is 17.4 Å². The first-order valence-electron chi connectivity index (χ1n) is 4.86. The van der Waals surface area contributed by atoms with Crippen molar-refractivity contribution in [3.05, 3.63) is 30.1 Å². The highest BCUT2D eigenvalue weighted by molar-refractivity contribution is 5.39. The van der Waals surface area contributed by atoms with Gasteiger partial charge in [-0.3, -0.25) is 4.68 Å². The highest BCUT2D eigenvalue weighted by atomic mass is 19.4. The number of alkyl halides is 3. The van der Waals surface area contributed by atoms with Crippen LogP contribution < -0.4 is 10.5 Å². The van der Waals surface area contributed by atoms with E-state index < -0.39 is 11.7 Å². The van der Waals surface area contributed by atoms with E-state index in [4.69, 9.17) is 10.5 Å². The van der Waals surface area contributed by atoms with Crippen molar-refractivity contribution in [1.29, 1.82) is 0 Å². The SMILES string of the molecule is Cn1cc(Oc2cc(C(F)(F)F)cc(N)n2)cn1. The van der Waals surface area contributed by atoms with Crippen molar-refractivity contribution in [3.63, 3.8) is 0 Å². The average Bonchev–Trinajstić information content (AvgIpc) is 2.61. The number of halogens is 3. The van der Waals surface area contributed by atoms with Crippen LogP contribution in [0.3, 0.4) is 0 Å². The molecule has 8 heteroatoms. The number of ether oxygens (including phenoxy) is 1. The molecule has 0 bridgehead atoms. The van der Waals surface area contributed by atoms with E-state index in [2.05, 4.69) is 10.1 Å². The van der Waals surface area contributed by atoms with Crippen molar-refractivity contribution >= 4 is 5.82 Å². The molecule has 2 heterocycles. The van der Waals surface area contributed by atoms with Gasteiger partial charge in [0.25, 0.3) is 0 Å². The first-order chi connectivity index (χ1) is 8.34. The normalized spacial score (nSPS) is 11.6. The Morgan fingerprint density at radius 3 is 2.61 bits per heavy atom. The molecule has 0 aliphatic carbocycles. The highest BCUT2D eigenvalue weighted by Gasteiger charge is 2.31. The Hall–Kier alpha value is -2.25. The molecule has 0 amide bonds. The van der Waals surface area contributed by atoms with Crippen molar-refractivity contribution in [3.8, 4) is 11.6 Å². The first kappa shape index (κ1) is 12.2. The Balaban J connectivity index is 2.31. The lowest BCUT2D eigenvalue weighted by Crippen LogP contribution is -2.07. The molecule has 2 aromatic heterocycles. The van der Waals surface area contributed by atoms with Crippen LogP contribution in [0.2, 0.25) is 0 Å². The molecule has 0 spiro atoms. The van der Waals surface area contributed by atoms with E-state index in [0.717, 1.165) is 12.1 Å². The van der Waals surface area contributed by atoms with Crippen molar-refractivity contribution < 1.29 is 17.9 Å². The number of aromatic nitrogens is 3. The first-order valence-corrected chi connectivity index (χ1v) is 4.86. The van der Waals surface area contributed by atoms with E-state index in [1.165, 1.54) is 17.1 Å². The minimum Gasteiger partial charge on any atom is -0.436 e. The minimum atomic E-state index is -4.50. The van der Waals surface area contributed by atoms with Gasteiger partial charge in [-0.05, 0) is 6.07 Å². The number of pyridine rings is 1. The quantitative estimate of drug-likeness (QED) is 0.896. The van der Waals surface area contributed by atoms with Gasteiger partial charge in [-0.1, -0.05) is 0 Å². The summed E-state index contributed by atoms with van der Waals surface area (Å²) in [7, 11) is 1.65. The van der Waals surface area contributed by atoms with Crippen molar-refractivity contribution in [2.45, 2.75) is 6.18 Å². The lowest BCUT2D eigenvalue weighted by Gasteiger charge is -2.09. The Morgan fingerprint density at radius 2 is 2.06 bits per heavy atom. The predicted molar refractivity (Wildman–Crippen MR) is 56.9 cm³/mol. The zero-order valence-electron chi connectivity index (χ0n) is 9.27. The fraction of sp³-hybridized carbons (Fsp3) is 0.200. The van der Waals surface area contributed by atoms with Gasteiger partial charge in [0.05, 0.1) is 18.0 Å². The average molecular weight is 258 g/mol. The largest absolute Gasteiger partial charge is 0.436 e. The van der Waals surface area contributed by atoms with E-state index >= 15 is 0 Å². The molecule has 2 aromatic rings. The van der Waals surface area contributed by atoms with Gasteiger partial charge in [-0.15, -0.1) is 0 Å². The fourth-order valence-corrected chi connectivity index (χ4v) is 1.31. The summed E-state index contributed by atoms with van der Waals surface area (Å²) < 4.78 is 44.2. The predicted octanol–water partition coefficient (Wildman–Crippen LogP) is 2.21. The van der Waals surface area contributed by atoms with Gasteiger partial charge in [-0.25, -0.2) is 0 Å². The third-order valence-corrected chi connectivity index (χ3v) is 2.05. The molecular formula is C10H9F3N4O. The van der Waals surface area contributed by atoms with E-state index in [9.17, 15) is 13.2 Å². The zero-order valence-corrected chi connectivity index (χ0v) is 9.27. The number of anilines is 1. The molecule has 0 saturated carbocycles. The Bertz CT molecular complexity index is 564. The molecule has 0 radical (unpaired) electrons. The second kappa shape index (κ2) is 4.21. The molecule has 96 valence electrons. The van der Waals surface area contributed by atoms with Crippen LogP contribution in [0.5, 0.6) is 11.6 Å². The van der Waals surface area contributed by atoms with E-state index in [0.29, 0.717) is 0 Å². The van der Waals surface area contributed by atoms with Crippen molar-refractivity contribution in [2.24, 2.45) is 7.05 Å². The Kier molecular flexibility index (Phi) is 2.85. The fourth-order valence-electron chi connectivity index (χ4n) is 1.31. The number of hydrogen-bond donors (Lipinski definition) is 1. The summed E-state index contributed by atoms with van der Waals surface area (Å²) in [4.78, 5) is 3.67. The maximum Gasteiger partial charge on any atom is 0.416 e. The molecule has 0 saturated heterocycles. The summed E-state index contributed by atoms with van der Waals surface area (Å²) >= 11 is 0. The second-order valence-electron chi connectivity index (χ2n) is 3.57. The van der Waals surface area contributed by atoms with Gasteiger partial charge in [0.1, 0.15) is 5.82 Å². The molecular weight excluding hydrogens is 249 g/mol. The lowest BCUT2D eigenvalue weighted by atomic mass is 10.2. The highest BCUT2D eigenvalue weighted by Crippen LogP contribution is 2.33. The van der Waals surface area contributed by atoms with Crippen LogP contribution in [0, 0.1) is 0 Å². The zero-order chi connectivity index (χ0) is 13.3. The summed E-state index contributed by atoms with van der Waals surface area (Å²) in [5, 5.41) is 3.82. The smallest absolute Gasteiger partial charge is 0.416 e. The summed E-state index contributed by atoms with van der Waals surface area (Å²) in [6.07, 6.45) is -1.64. The number of nitrogens with two attached hydrogens (primary N) is 1. The summed E-state index contributed by atoms with van der Waals surface area (Å²) in [5.74, 6) is -0.206. The number of nitrogens with zero attached hydrogens (tertiary/aromatic N) is 3. The number of aryl methyl sites for hydroxylation is 1. The lowest BCUT2D eigenvalue weighted by molar-refractivity contribution is -0.137. The van der Waals surface area contributed by atoms with Gasteiger partial charge in [0.15, 0.2) is 5.75 Å². The van der Waals surface area contributed by atoms with Gasteiger partial charge in [0.2, 0.25) is 5.88 Å². The third kappa shape index (κ3) is 2.70. The summed E-state index contributed by atoms with van der Waals surface area (Å²) in [6.45, 7) is 0. The third-order valence-electron chi connectivity index (χ3n) is 2.05. The van der Waals surface area contributed by atoms with Crippen LogP contribution in [0.1, 0.15) is 5.56 Å². The number of rotatable bonds is 2. The van der Waals surface area contributed by atoms with E-state index in [1.807, 2.05) is 0 Å². The molecule has 5 nitrogen and oxygen atoms in total. The molecule has 0 aliphatic rings. The standard InChI is InChI=1S/C10H9F3N4O/c1-17-5-7(4-15-17)18-9-3-6(10(11,12)13)2-8(14)16-9/h2-5H,1H3,(H2,14,16). The maximum absolute atomic E-state index is 12.5. The van der Waals surface area contributed by atoms with Crippen LogP contribution in [0.15, 0.2) is 24.5 Å². The maximum atomic E-state index is 12.5. The second-order valence-corrected chi connectivity index (χ2v) is 3.57. The molecule has 2 rings (SSSR count). The van der Waals surface area contributed by atoms with Crippen molar-refractivity contribution in [2.75, 3.05) is 5.73 Å². The van der Waals surface area contributed by atoms with Crippen LogP contribution in [-0.2, 0) is 13.2 Å². The van der Waals surface area contributed by atoms with Gasteiger partial charge < -0.3 is 10.5 Å². The molecule has 0 aromatic carbocycles. The van der Waals surface area contributed by atoms with Crippen LogP contribution in [0.25, 0.3) is 0 Å². The topological polar surface area (TPSA) is 66.0 Å². The summed E-state index contributed by atoms with van der Waals surface area (Å²) in [5.41, 5.74) is 4.39. The van der Waals surface area contributed by atoms with Crippen LogP contribution >= 0.6 is 0 Å². The monoisotopic (exact) mass is 258 g/mol. The summed E-state index contributed by atoms with van der Waals surface area (Å²) in [6, 6.07) is 1.53. The number of nitrogen functional groups attached to an aromatic ring is 1. The number of hydrogen-bond acceptors (Lipinski definition) is 4. The van der Waals surface area contributed by atoms with Crippen LogP contribution in [-0.4, -0.2) is 14.8 Å². The molecule has 0 atom stereocenters. The Morgan fingerprint density at radius 1 is 1.33 bits per heavy atom. The van der Waals surface area contributed by atoms with Gasteiger partial charge >= 0.3 is 6.18 Å². The molecule has 18 heavy (non-hydrogen) atoms. The molecule has 2 N–H and O–H groups in total. The molecule has 0 unspecified atom stereocenters. The van der Waals surface area contributed by atoms with E-state index in [1.54, 1.807) is 7.05 Å². The molecule has 0 fully saturated rings. The van der Waals surface area contributed by atoms with Gasteiger partial charge in [-0.2, -0.15) is 23.3 Å². The molecule has 0 aliphatic heterocycles. The van der Waals surface area contributed by atoms with Gasteiger partial charge in [0, 0.05) is 13.1 Å². The van der Waals surface area contributed by atoms with Crippen molar-refractivity contribution in [1.82, 2.24) is 14.8 Å². The Labute approximate surface area is 100.0 Å². The minimum absolute atomic E-state index is 0.227. The van der Waals surface area contributed by atoms with Crippen LogP contribution in [0.4, 0.5) is 19.0 Å².